The lowest BCUT2D eigenvalue weighted by Crippen LogP contribution is -2.60. The van der Waals surface area contributed by atoms with Crippen molar-refractivity contribution in [2.24, 2.45) is 47.2 Å². The molecule has 494 valence electrons. The van der Waals surface area contributed by atoms with Crippen molar-refractivity contribution >= 4 is 59.2 Å². The molecule has 1 fully saturated rings. The summed E-state index contributed by atoms with van der Waals surface area (Å²) in [5.74, 6) is -4.49. The molecule has 0 bridgehead atoms. The number of nitrogens with zero attached hydrogens (tertiary/aromatic N) is 3. The van der Waals surface area contributed by atoms with Crippen LogP contribution in [0.4, 0.5) is 15.3 Å². The molecule has 9 N–H and O–H groups in total. The van der Waals surface area contributed by atoms with Gasteiger partial charge in [-0.05, 0) is 97.8 Å². The lowest BCUT2D eigenvalue weighted by molar-refractivity contribution is -0.147. The quantitative estimate of drug-likeness (QED) is 0.0309. The zero-order valence-corrected chi connectivity index (χ0v) is 55.5. The number of ether oxygens (including phenoxy) is 2. The van der Waals surface area contributed by atoms with Gasteiger partial charge >= 0.3 is 12.1 Å². The second-order valence-corrected chi connectivity index (χ2v) is 25.4. The number of aliphatic hydroxyl groups excluding tert-OH is 1. The van der Waals surface area contributed by atoms with E-state index in [9.17, 15) is 48.3 Å². The van der Waals surface area contributed by atoms with Crippen LogP contribution < -0.4 is 37.6 Å². The molecule has 22 heteroatoms. The van der Waals surface area contributed by atoms with E-state index in [0.29, 0.717) is 49.0 Å². The van der Waals surface area contributed by atoms with Crippen molar-refractivity contribution < 1.29 is 57.7 Å². The summed E-state index contributed by atoms with van der Waals surface area (Å²) in [5.41, 5.74) is 6.87. The van der Waals surface area contributed by atoms with Crippen molar-refractivity contribution in [1.29, 1.82) is 0 Å². The number of aliphatic hydroxyl groups is 1. The number of amides is 10. The number of methoxy groups -OCH3 is 1. The first-order valence-corrected chi connectivity index (χ1v) is 31.9. The van der Waals surface area contributed by atoms with Gasteiger partial charge in [0, 0.05) is 58.4 Å². The number of nitrogens with two attached hydrogens (primary N) is 1. The zero-order valence-electron chi connectivity index (χ0n) is 55.5. The molecule has 1 aliphatic rings. The summed E-state index contributed by atoms with van der Waals surface area (Å²) in [7, 11) is 4.65. The Morgan fingerprint density at radius 3 is 1.91 bits per heavy atom. The average molecular weight is 1230 g/mol. The molecule has 0 aromatic heterocycles. The Kier molecular flexibility index (Phi) is 31.9. The van der Waals surface area contributed by atoms with Crippen LogP contribution in [-0.2, 0) is 49.6 Å². The highest BCUT2D eigenvalue weighted by Gasteiger charge is 2.44. The zero-order chi connectivity index (χ0) is 66.1. The molecule has 3 rings (SSSR count). The van der Waals surface area contributed by atoms with E-state index in [1.165, 1.54) is 19.1 Å². The number of unbranched alkanes of at least 4 members (excludes halogenated alkanes) is 2. The summed E-state index contributed by atoms with van der Waals surface area (Å²) in [4.78, 5) is 127. The number of nitrogens with one attached hydrogen (secondary N) is 6. The van der Waals surface area contributed by atoms with E-state index in [1.807, 2.05) is 76.8 Å². The second-order valence-electron chi connectivity index (χ2n) is 25.4. The number of anilines is 1. The molecule has 1 saturated heterocycles. The number of carbonyl (C=O) groups is 9. The first kappa shape index (κ1) is 75.4. The minimum atomic E-state index is -1.06. The van der Waals surface area contributed by atoms with Gasteiger partial charge in [0.15, 0.2) is 0 Å². The number of hydrogen-bond donors (Lipinski definition) is 8. The summed E-state index contributed by atoms with van der Waals surface area (Å²) >= 11 is 0. The highest BCUT2D eigenvalue weighted by molar-refractivity contribution is 5.98. The lowest BCUT2D eigenvalue weighted by atomic mass is 9.77. The summed E-state index contributed by atoms with van der Waals surface area (Å²) in [6, 6.07) is 9.58. The Morgan fingerprint density at radius 1 is 0.716 bits per heavy atom. The number of rotatable bonds is 36. The highest BCUT2D eigenvalue weighted by atomic mass is 16.6. The third kappa shape index (κ3) is 22.7. The molecule has 0 spiro atoms. The maximum absolute atomic E-state index is 14.8. The minimum Gasteiger partial charge on any atom is -0.445 e. The molecular weight excluding hydrogens is 1120 g/mol. The van der Waals surface area contributed by atoms with Crippen LogP contribution in [0.2, 0.25) is 0 Å². The summed E-state index contributed by atoms with van der Waals surface area (Å²) in [5, 5.41) is 27.9. The average Bonchev–Trinajstić information content (AvgIpc) is 2.54. The molecule has 0 saturated carbocycles. The van der Waals surface area contributed by atoms with Crippen molar-refractivity contribution in [1.82, 2.24) is 41.3 Å². The van der Waals surface area contributed by atoms with Gasteiger partial charge in [0.25, 0.3) is 0 Å². The Balaban J connectivity index is 1.72. The van der Waals surface area contributed by atoms with Crippen LogP contribution in [0.5, 0.6) is 0 Å². The standard InChI is InChI=1S/C66H108N10O12/c1-17-19-21-30-52(77)72-55(40(5)6)62(82)71-49(28-24-35-68-65(67)85)61(81)70-48-33-31-46(32-34-48)38-88-66(86)75(15)57(42(9)10)63(83)73-56(41(7)8)64(84)74(14)58(43(11)18-2)51(87-16)37-53(78)76-36-25-29-50(76)54(39(3)4)44(12)60(80)69-45(13)59(79)47-26-22-20-23-27-47/h20,22-23,26-27,31-34,39-45,49-51,54-59,79H,17-19,21,24-25,28-30,35-38H2,1-16H3,(H,69,80)(H,70,81)(H,71,82)(H,72,77)(H,73,83)(H3,67,68,85)/t43-,44+,45-,49-,50-,51+,54+,55-,56-,57-,58-,59-/m0/s1. The van der Waals surface area contributed by atoms with E-state index in [1.54, 1.807) is 70.8 Å². The van der Waals surface area contributed by atoms with Crippen molar-refractivity contribution in [2.75, 3.05) is 39.6 Å². The van der Waals surface area contributed by atoms with Crippen molar-refractivity contribution in [3.63, 3.8) is 0 Å². The molecular formula is C66H108N10O12. The van der Waals surface area contributed by atoms with E-state index in [-0.39, 0.29) is 79.8 Å². The van der Waals surface area contributed by atoms with E-state index < -0.39 is 102 Å². The van der Waals surface area contributed by atoms with E-state index >= 15 is 0 Å². The SMILES string of the molecule is CCCCCC(=O)N[C@H](C(=O)N[C@@H](CCCNC(N)=O)C(=O)Nc1ccc(COC(=O)N(C)[C@H](C(=O)N[C@H](C(=O)N(C)[C@@H]([C@@H](C)CC)[C@@H](CC(=O)N2CCC[C@H]2[C@H](C(C)C)[C@@H](C)C(=O)N[C@@H](C)[C@H](O)c2ccccc2)OC)C(C)C)C(C)C)cc1)C(C)C. The van der Waals surface area contributed by atoms with Gasteiger partial charge in [0.2, 0.25) is 41.4 Å². The Bertz CT molecular complexity index is 2550. The molecule has 0 unspecified atom stereocenters. The van der Waals surface area contributed by atoms with Crippen LogP contribution in [0.15, 0.2) is 54.6 Å². The fourth-order valence-electron chi connectivity index (χ4n) is 12.0. The first-order chi connectivity index (χ1) is 41.5. The lowest BCUT2D eigenvalue weighted by Gasteiger charge is -2.41. The molecule has 1 aliphatic heterocycles. The van der Waals surface area contributed by atoms with Gasteiger partial charge in [-0.25, -0.2) is 9.59 Å². The molecule has 12 atom stereocenters. The number of likely N-dealkylation sites (N-methyl/N-ethyl adjacent to an activating group) is 2. The van der Waals surface area contributed by atoms with Crippen LogP contribution in [0.1, 0.15) is 171 Å². The van der Waals surface area contributed by atoms with Gasteiger partial charge in [0.1, 0.15) is 30.8 Å². The molecule has 2 aromatic rings. The highest BCUT2D eigenvalue weighted by Crippen LogP contribution is 2.36. The van der Waals surface area contributed by atoms with Gasteiger partial charge in [-0.1, -0.05) is 145 Å². The van der Waals surface area contributed by atoms with Gasteiger partial charge < -0.3 is 62.0 Å². The summed E-state index contributed by atoms with van der Waals surface area (Å²) in [6.45, 7) is 25.1. The molecule has 10 amide bonds. The summed E-state index contributed by atoms with van der Waals surface area (Å²) in [6.07, 6.45) is 2.89. The number of urea groups is 1. The number of likely N-dealkylation sites (tertiary alicyclic amines) is 1. The molecule has 0 aliphatic carbocycles. The van der Waals surface area contributed by atoms with Gasteiger partial charge in [0.05, 0.1) is 30.7 Å². The number of benzene rings is 2. The monoisotopic (exact) mass is 1230 g/mol. The molecule has 0 radical (unpaired) electrons. The Labute approximate surface area is 524 Å². The predicted molar refractivity (Wildman–Crippen MR) is 341 cm³/mol. The van der Waals surface area contributed by atoms with Crippen LogP contribution in [0.3, 0.4) is 0 Å². The van der Waals surface area contributed by atoms with E-state index in [0.717, 1.165) is 19.3 Å². The van der Waals surface area contributed by atoms with Crippen molar-refractivity contribution in [2.45, 2.75) is 215 Å². The Hall–Kier alpha value is -6.81. The smallest absolute Gasteiger partial charge is 0.410 e. The molecule has 1 heterocycles. The topological polar surface area (TPSA) is 300 Å². The van der Waals surface area contributed by atoms with Gasteiger partial charge in [-0.2, -0.15) is 0 Å². The fraction of sp³-hybridized carbons (Fsp3) is 0.682. The van der Waals surface area contributed by atoms with E-state index in [2.05, 4.69) is 45.7 Å². The Morgan fingerprint density at radius 2 is 1.35 bits per heavy atom. The first-order valence-electron chi connectivity index (χ1n) is 31.9. The fourth-order valence-corrected chi connectivity index (χ4v) is 12.0. The number of hydrogen-bond acceptors (Lipinski definition) is 12. The molecule has 88 heavy (non-hydrogen) atoms. The van der Waals surface area contributed by atoms with Gasteiger partial charge in [-0.15, -0.1) is 0 Å². The normalized spacial score (nSPS) is 17.1. The maximum atomic E-state index is 14.8. The van der Waals surface area contributed by atoms with Crippen LogP contribution in [-0.4, -0.2) is 156 Å². The van der Waals surface area contributed by atoms with Crippen LogP contribution >= 0.6 is 0 Å². The second kappa shape index (κ2) is 37.2. The predicted octanol–water partition coefficient (Wildman–Crippen LogP) is 7.43. The van der Waals surface area contributed by atoms with Gasteiger partial charge in [-0.3, -0.25) is 38.5 Å². The third-order valence-electron chi connectivity index (χ3n) is 17.2. The summed E-state index contributed by atoms with van der Waals surface area (Å²) < 4.78 is 11.8. The maximum Gasteiger partial charge on any atom is 0.410 e. The molecule has 2 aromatic carbocycles. The third-order valence-corrected chi connectivity index (χ3v) is 17.2. The minimum absolute atomic E-state index is 0.0311. The molecule has 22 nitrogen and oxygen atoms in total. The largest absolute Gasteiger partial charge is 0.445 e. The van der Waals surface area contributed by atoms with Crippen LogP contribution in [0, 0.1) is 41.4 Å². The van der Waals surface area contributed by atoms with Crippen molar-refractivity contribution in [3.05, 3.63) is 65.7 Å². The number of primary amides is 1. The van der Waals surface area contributed by atoms with Crippen LogP contribution in [0.25, 0.3) is 0 Å². The number of carbonyl (C=O) groups excluding carboxylic acids is 9. The van der Waals surface area contributed by atoms with Crippen molar-refractivity contribution in [3.8, 4) is 0 Å². The van der Waals surface area contributed by atoms with E-state index in [4.69, 9.17) is 15.2 Å².